The van der Waals surface area contributed by atoms with Crippen LogP contribution in [0.4, 0.5) is 0 Å². The number of carbonyl (C=O) groups excluding carboxylic acids is 1. The first-order valence-corrected chi connectivity index (χ1v) is 6.05. The minimum Gasteiger partial charge on any atom is -0.508 e. The molecular formula is C14H19NO4. The first-order chi connectivity index (χ1) is 8.78. The van der Waals surface area contributed by atoms with Crippen LogP contribution in [0.15, 0.2) is 24.3 Å². The number of hydrogen-bond donors (Lipinski definition) is 3. The molecule has 0 saturated carbocycles. The van der Waals surface area contributed by atoms with Crippen molar-refractivity contribution in [1.29, 1.82) is 0 Å². The largest absolute Gasteiger partial charge is 0.508 e. The van der Waals surface area contributed by atoms with Crippen molar-refractivity contribution < 1.29 is 19.8 Å². The second-order valence-corrected chi connectivity index (χ2v) is 5.35. The van der Waals surface area contributed by atoms with Crippen LogP contribution >= 0.6 is 0 Å². The van der Waals surface area contributed by atoms with Gasteiger partial charge in [-0.3, -0.25) is 9.59 Å². The van der Waals surface area contributed by atoms with Gasteiger partial charge in [0.1, 0.15) is 5.75 Å². The van der Waals surface area contributed by atoms with Crippen LogP contribution in [0, 0.1) is 5.41 Å². The molecule has 3 N–H and O–H groups in total. The maximum Gasteiger partial charge on any atom is 0.303 e. The summed E-state index contributed by atoms with van der Waals surface area (Å²) in [6.07, 6.45) is 0.122. The minimum absolute atomic E-state index is 0.0420. The molecular weight excluding hydrogens is 246 g/mol. The van der Waals surface area contributed by atoms with Gasteiger partial charge >= 0.3 is 5.97 Å². The zero-order valence-corrected chi connectivity index (χ0v) is 11.1. The van der Waals surface area contributed by atoms with Gasteiger partial charge in [0, 0.05) is 13.0 Å². The highest BCUT2D eigenvalue weighted by atomic mass is 16.4. The molecule has 1 aromatic carbocycles. The molecule has 1 rings (SSSR count). The zero-order chi connectivity index (χ0) is 14.5. The van der Waals surface area contributed by atoms with Crippen molar-refractivity contribution in [2.45, 2.75) is 33.2 Å². The average Bonchev–Trinajstić information content (AvgIpc) is 2.25. The lowest BCUT2D eigenvalue weighted by molar-refractivity contribution is -0.139. The number of aliphatic carboxylic acids is 1. The van der Waals surface area contributed by atoms with Crippen molar-refractivity contribution in [2.75, 3.05) is 0 Å². The standard InChI is InChI=1S/C14H19NO4/c1-14(2,8-13(18)19)7-12(17)15-9-10-3-5-11(16)6-4-10/h3-6,16H,7-9H2,1-2H3,(H,15,17)(H,18,19). The lowest BCUT2D eigenvalue weighted by Gasteiger charge is -2.21. The summed E-state index contributed by atoms with van der Waals surface area (Å²) in [5.74, 6) is -0.909. The van der Waals surface area contributed by atoms with Crippen LogP contribution in [0.3, 0.4) is 0 Å². The number of benzene rings is 1. The second kappa shape index (κ2) is 6.22. The Morgan fingerprint density at radius 2 is 1.74 bits per heavy atom. The summed E-state index contributed by atoms with van der Waals surface area (Å²) in [5, 5.41) is 20.6. The molecule has 0 saturated heterocycles. The molecule has 5 heteroatoms. The summed E-state index contributed by atoms with van der Waals surface area (Å²) < 4.78 is 0. The molecule has 0 fully saturated rings. The molecule has 0 heterocycles. The van der Waals surface area contributed by atoms with E-state index >= 15 is 0 Å². The summed E-state index contributed by atoms with van der Waals surface area (Å²) in [6.45, 7) is 3.87. The molecule has 0 aliphatic carbocycles. The van der Waals surface area contributed by atoms with Gasteiger partial charge in [-0.1, -0.05) is 26.0 Å². The number of phenolic OH excluding ortho intramolecular Hbond substituents is 1. The van der Waals surface area contributed by atoms with Crippen LogP contribution in [0.25, 0.3) is 0 Å². The van der Waals surface area contributed by atoms with Crippen molar-refractivity contribution in [3.63, 3.8) is 0 Å². The summed E-state index contributed by atoms with van der Waals surface area (Å²) >= 11 is 0. The Balaban J connectivity index is 2.43. The fourth-order valence-electron chi connectivity index (χ4n) is 1.78. The summed E-state index contributed by atoms with van der Waals surface area (Å²) in [6, 6.07) is 6.54. The minimum atomic E-state index is -0.906. The number of aromatic hydroxyl groups is 1. The van der Waals surface area contributed by atoms with Crippen molar-refractivity contribution in [2.24, 2.45) is 5.41 Å². The molecule has 5 nitrogen and oxygen atoms in total. The number of phenols is 1. The second-order valence-electron chi connectivity index (χ2n) is 5.35. The molecule has 0 aliphatic rings. The van der Waals surface area contributed by atoms with Crippen LogP contribution in [0.2, 0.25) is 0 Å². The topological polar surface area (TPSA) is 86.6 Å². The van der Waals surface area contributed by atoms with E-state index in [9.17, 15) is 9.59 Å². The molecule has 0 unspecified atom stereocenters. The van der Waals surface area contributed by atoms with Gasteiger partial charge in [-0.05, 0) is 23.1 Å². The van der Waals surface area contributed by atoms with E-state index in [4.69, 9.17) is 10.2 Å². The van der Waals surface area contributed by atoms with E-state index in [2.05, 4.69) is 5.32 Å². The Kier molecular flexibility index (Phi) is 4.92. The quantitative estimate of drug-likeness (QED) is 0.733. The average molecular weight is 265 g/mol. The lowest BCUT2D eigenvalue weighted by atomic mass is 9.85. The summed E-state index contributed by atoms with van der Waals surface area (Å²) in [7, 11) is 0. The van der Waals surface area contributed by atoms with E-state index in [1.807, 2.05) is 0 Å². The van der Waals surface area contributed by atoms with E-state index in [1.54, 1.807) is 38.1 Å². The number of carboxylic acids is 1. The van der Waals surface area contributed by atoms with Gasteiger partial charge in [-0.25, -0.2) is 0 Å². The van der Waals surface area contributed by atoms with Gasteiger partial charge in [0.05, 0.1) is 6.42 Å². The van der Waals surface area contributed by atoms with Crippen LogP contribution in [-0.2, 0) is 16.1 Å². The van der Waals surface area contributed by atoms with Crippen molar-refractivity contribution in [1.82, 2.24) is 5.32 Å². The fourth-order valence-corrected chi connectivity index (χ4v) is 1.78. The Bertz CT molecular complexity index is 451. The molecule has 104 valence electrons. The van der Waals surface area contributed by atoms with Crippen LogP contribution in [0.1, 0.15) is 32.3 Å². The number of carboxylic acid groups (broad SMARTS) is 1. The predicted molar refractivity (Wildman–Crippen MR) is 70.6 cm³/mol. The molecule has 0 spiro atoms. The Hall–Kier alpha value is -2.04. The Morgan fingerprint density at radius 3 is 2.26 bits per heavy atom. The molecule has 0 radical (unpaired) electrons. The number of rotatable bonds is 6. The third-order valence-electron chi connectivity index (χ3n) is 2.69. The van der Waals surface area contributed by atoms with Crippen molar-refractivity contribution in [3.05, 3.63) is 29.8 Å². The maximum absolute atomic E-state index is 11.7. The first kappa shape index (κ1) is 15.0. The predicted octanol–water partition coefficient (Wildman–Crippen LogP) is 1.90. The molecule has 0 atom stereocenters. The van der Waals surface area contributed by atoms with Crippen LogP contribution in [0.5, 0.6) is 5.75 Å². The number of carbonyl (C=O) groups is 2. The Morgan fingerprint density at radius 1 is 1.16 bits per heavy atom. The molecule has 0 bridgehead atoms. The van der Waals surface area contributed by atoms with Gasteiger partial charge in [-0.2, -0.15) is 0 Å². The molecule has 1 amide bonds. The van der Waals surface area contributed by atoms with Gasteiger partial charge in [-0.15, -0.1) is 0 Å². The number of nitrogens with one attached hydrogen (secondary N) is 1. The van der Waals surface area contributed by atoms with Gasteiger partial charge < -0.3 is 15.5 Å². The highest BCUT2D eigenvalue weighted by molar-refractivity contribution is 5.77. The van der Waals surface area contributed by atoms with Gasteiger partial charge in [0.25, 0.3) is 0 Å². The van der Waals surface area contributed by atoms with Gasteiger partial charge in [0.2, 0.25) is 5.91 Å². The fraction of sp³-hybridized carbons (Fsp3) is 0.429. The van der Waals surface area contributed by atoms with E-state index in [-0.39, 0.29) is 24.5 Å². The van der Waals surface area contributed by atoms with Crippen LogP contribution in [-0.4, -0.2) is 22.1 Å². The third kappa shape index (κ3) is 5.90. The maximum atomic E-state index is 11.7. The first-order valence-electron chi connectivity index (χ1n) is 6.05. The Labute approximate surface area is 112 Å². The molecule has 1 aromatic rings. The van der Waals surface area contributed by atoms with E-state index in [0.717, 1.165) is 5.56 Å². The smallest absolute Gasteiger partial charge is 0.303 e. The van der Waals surface area contributed by atoms with Crippen molar-refractivity contribution >= 4 is 11.9 Å². The normalized spacial score (nSPS) is 11.1. The highest BCUT2D eigenvalue weighted by Crippen LogP contribution is 2.24. The molecule has 0 aromatic heterocycles. The summed E-state index contributed by atoms with van der Waals surface area (Å²) in [5.41, 5.74) is 0.312. The summed E-state index contributed by atoms with van der Waals surface area (Å²) in [4.78, 5) is 22.4. The van der Waals surface area contributed by atoms with E-state index in [1.165, 1.54) is 0 Å². The SMILES string of the molecule is CC(C)(CC(=O)O)CC(=O)NCc1ccc(O)cc1. The monoisotopic (exact) mass is 265 g/mol. The molecule has 19 heavy (non-hydrogen) atoms. The van der Waals surface area contributed by atoms with Crippen LogP contribution < -0.4 is 5.32 Å². The number of hydrogen-bond acceptors (Lipinski definition) is 3. The highest BCUT2D eigenvalue weighted by Gasteiger charge is 2.24. The van der Waals surface area contributed by atoms with Gasteiger partial charge in [0.15, 0.2) is 0 Å². The zero-order valence-electron chi connectivity index (χ0n) is 11.1. The third-order valence-corrected chi connectivity index (χ3v) is 2.69. The van der Waals surface area contributed by atoms with Crippen molar-refractivity contribution in [3.8, 4) is 5.75 Å². The molecule has 0 aliphatic heterocycles. The number of amides is 1. The lowest BCUT2D eigenvalue weighted by Crippen LogP contribution is -2.29. The van der Waals surface area contributed by atoms with E-state index in [0.29, 0.717) is 6.54 Å². The van der Waals surface area contributed by atoms with E-state index < -0.39 is 11.4 Å².